The zero-order chi connectivity index (χ0) is 20.7. The minimum absolute atomic E-state index is 0.0541. The zero-order valence-corrected chi connectivity index (χ0v) is 14.4. The number of non-ortho nitro benzene ring substituents is 1. The third-order valence-corrected chi connectivity index (χ3v) is 3.29. The van der Waals surface area contributed by atoms with Crippen LogP contribution in [0.5, 0.6) is 11.5 Å². The number of nitro benzene ring substituents is 1. The monoisotopic (exact) mass is 396 g/mol. The number of rotatable bonds is 8. The van der Waals surface area contributed by atoms with Gasteiger partial charge in [-0.2, -0.15) is 8.78 Å². The lowest BCUT2D eigenvalue weighted by molar-refractivity contribution is -0.384. The van der Waals surface area contributed by atoms with Crippen LogP contribution in [-0.2, 0) is 9.53 Å². The zero-order valence-electron chi connectivity index (χ0n) is 14.4. The summed E-state index contributed by atoms with van der Waals surface area (Å²) in [7, 11) is 1.20. The topological polar surface area (TPSA) is 117 Å². The van der Waals surface area contributed by atoms with Crippen molar-refractivity contribution in [2.24, 2.45) is 0 Å². The second-order valence-corrected chi connectivity index (χ2v) is 5.18. The van der Waals surface area contributed by atoms with Crippen molar-refractivity contribution in [1.82, 2.24) is 0 Å². The quantitative estimate of drug-likeness (QED) is 0.414. The van der Waals surface area contributed by atoms with Crippen LogP contribution in [0.25, 0.3) is 0 Å². The molecule has 0 radical (unpaired) electrons. The highest BCUT2D eigenvalue weighted by atomic mass is 19.3. The Morgan fingerprint density at radius 2 is 1.93 bits per heavy atom. The van der Waals surface area contributed by atoms with Crippen molar-refractivity contribution in [1.29, 1.82) is 0 Å². The van der Waals surface area contributed by atoms with Gasteiger partial charge in [-0.3, -0.25) is 14.9 Å². The van der Waals surface area contributed by atoms with E-state index in [1.165, 1.54) is 31.4 Å². The highest BCUT2D eigenvalue weighted by Crippen LogP contribution is 2.29. The number of halogens is 2. The molecule has 0 aromatic heterocycles. The Morgan fingerprint density at radius 3 is 2.57 bits per heavy atom. The molecule has 0 unspecified atom stereocenters. The fourth-order valence-corrected chi connectivity index (χ4v) is 2.10. The van der Waals surface area contributed by atoms with Crippen LogP contribution in [-0.4, -0.2) is 37.1 Å². The van der Waals surface area contributed by atoms with Gasteiger partial charge in [0.15, 0.2) is 18.1 Å². The van der Waals surface area contributed by atoms with Gasteiger partial charge in [-0.25, -0.2) is 4.79 Å². The van der Waals surface area contributed by atoms with Gasteiger partial charge in [0.1, 0.15) is 0 Å². The van der Waals surface area contributed by atoms with Crippen molar-refractivity contribution in [2.75, 3.05) is 19.0 Å². The number of anilines is 1. The van der Waals surface area contributed by atoms with E-state index >= 15 is 0 Å². The number of carbonyl (C=O) groups excluding carboxylic acids is 2. The van der Waals surface area contributed by atoms with Crippen LogP contribution < -0.4 is 14.8 Å². The molecule has 0 saturated carbocycles. The molecule has 9 nitrogen and oxygen atoms in total. The summed E-state index contributed by atoms with van der Waals surface area (Å²) in [5.41, 5.74) is -0.111. The second-order valence-electron chi connectivity index (χ2n) is 5.18. The molecule has 1 amide bonds. The molecule has 148 valence electrons. The van der Waals surface area contributed by atoms with Crippen LogP contribution in [0, 0.1) is 10.1 Å². The van der Waals surface area contributed by atoms with Gasteiger partial charge in [0.2, 0.25) is 0 Å². The maximum absolute atomic E-state index is 12.3. The predicted octanol–water partition coefficient (Wildman–Crippen LogP) is 3.00. The standard InChI is InChI=1S/C17H14F2N2O7/c1-26-14-7-10(5-6-13(14)28-17(18)19)16(23)27-9-15(22)20-11-3-2-4-12(8-11)21(24)25/h2-8,17H,9H2,1H3,(H,20,22). The average Bonchev–Trinajstić information content (AvgIpc) is 2.66. The van der Waals surface area contributed by atoms with Gasteiger partial charge < -0.3 is 19.5 Å². The first kappa shape index (κ1) is 20.6. The van der Waals surface area contributed by atoms with E-state index in [-0.39, 0.29) is 28.4 Å². The van der Waals surface area contributed by atoms with Gasteiger partial charge in [-0.05, 0) is 24.3 Å². The summed E-state index contributed by atoms with van der Waals surface area (Å²) >= 11 is 0. The summed E-state index contributed by atoms with van der Waals surface area (Å²) in [6, 6.07) is 8.61. The van der Waals surface area contributed by atoms with Crippen molar-refractivity contribution in [3.63, 3.8) is 0 Å². The maximum atomic E-state index is 12.3. The van der Waals surface area contributed by atoms with Crippen LogP contribution in [0.2, 0.25) is 0 Å². The number of amides is 1. The van der Waals surface area contributed by atoms with Crippen molar-refractivity contribution in [2.45, 2.75) is 6.61 Å². The molecule has 0 aliphatic rings. The van der Waals surface area contributed by atoms with Crippen molar-refractivity contribution < 1.29 is 37.5 Å². The smallest absolute Gasteiger partial charge is 0.387 e. The number of nitro groups is 1. The summed E-state index contributed by atoms with van der Waals surface area (Å²) in [4.78, 5) is 33.9. The summed E-state index contributed by atoms with van der Waals surface area (Å²) in [5.74, 6) is -2.01. The normalized spacial score (nSPS) is 10.3. The third kappa shape index (κ3) is 5.62. The molecule has 2 rings (SSSR count). The van der Waals surface area contributed by atoms with Crippen molar-refractivity contribution in [3.8, 4) is 11.5 Å². The third-order valence-electron chi connectivity index (χ3n) is 3.29. The van der Waals surface area contributed by atoms with Crippen LogP contribution >= 0.6 is 0 Å². The van der Waals surface area contributed by atoms with Gasteiger partial charge in [0.25, 0.3) is 11.6 Å². The molecule has 11 heteroatoms. The molecule has 28 heavy (non-hydrogen) atoms. The van der Waals surface area contributed by atoms with Crippen LogP contribution in [0.1, 0.15) is 10.4 Å². The van der Waals surface area contributed by atoms with E-state index in [9.17, 15) is 28.5 Å². The summed E-state index contributed by atoms with van der Waals surface area (Å²) in [5, 5.41) is 13.1. The van der Waals surface area contributed by atoms with E-state index in [1.54, 1.807) is 0 Å². The first-order valence-electron chi connectivity index (χ1n) is 7.64. The number of hydrogen-bond donors (Lipinski definition) is 1. The molecule has 0 aliphatic heterocycles. The van der Waals surface area contributed by atoms with E-state index in [1.807, 2.05) is 0 Å². The number of nitrogens with zero attached hydrogens (tertiary/aromatic N) is 1. The first-order valence-corrected chi connectivity index (χ1v) is 7.64. The Balaban J connectivity index is 1.97. The van der Waals surface area contributed by atoms with Gasteiger partial charge in [-0.15, -0.1) is 0 Å². The minimum atomic E-state index is -3.07. The van der Waals surface area contributed by atoms with E-state index in [0.29, 0.717) is 0 Å². The summed E-state index contributed by atoms with van der Waals surface area (Å²) in [6.45, 7) is -3.73. The number of carbonyl (C=O) groups is 2. The molecule has 0 aliphatic carbocycles. The number of alkyl halides is 2. The summed E-state index contributed by atoms with van der Waals surface area (Å²) in [6.07, 6.45) is 0. The number of ether oxygens (including phenoxy) is 3. The van der Waals surface area contributed by atoms with Gasteiger partial charge in [0, 0.05) is 17.8 Å². The Hall–Kier alpha value is -3.76. The Morgan fingerprint density at radius 1 is 1.18 bits per heavy atom. The van der Waals surface area contributed by atoms with E-state index < -0.39 is 30.0 Å². The molecule has 0 heterocycles. The largest absolute Gasteiger partial charge is 0.493 e. The lowest BCUT2D eigenvalue weighted by atomic mass is 10.2. The number of esters is 1. The average molecular weight is 396 g/mol. The summed E-state index contributed by atoms with van der Waals surface area (Å²) < 4.78 is 38.5. The SMILES string of the molecule is COc1cc(C(=O)OCC(=O)Nc2cccc([N+](=O)[O-])c2)ccc1OC(F)F. The number of benzene rings is 2. The molecular weight excluding hydrogens is 382 g/mol. The Bertz CT molecular complexity index is 890. The molecule has 0 saturated heterocycles. The van der Waals surface area contributed by atoms with E-state index in [4.69, 9.17) is 9.47 Å². The molecule has 0 fully saturated rings. The molecular formula is C17H14F2N2O7. The number of nitrogens with one attached hydrogen (secondary N) is 1. The molecule has 0 spiro atoms. The van der Waals surface area contributed by atoms with E-state index in [2.05, 4.69) is 10.1 Å². The lowest BCUT2D eigenvalue weighted by Crippen LogP contribution is -2.21. The number of hydrogen-bond acceptors (Lipinski definition) is 7. The van der Waals surface area contributed by atoms with Crippen LogP contribution in [0.15, 0.2) is 42.5 Å². The fourth-order valence-electron chi connectivity index (χ4n) is 2.10. The van der Waals surface area contributed by atoms with Crippen LogP contribution in [0.3, 0.4) is 0 Å². The number of methoxy groups -OCH3 is 1. The van der Waals surface area contributed by atoms with E-state index in [0.717, 1.165) is 18.2 Å². The second kappa shape index (κ2) is 9.26. The van der Waals surface area contributed by atoms with Crippen molar-refractivity contribution in [3.05, 3.63) is 58.1 Å². The minimum Gasteiger partial charge on any atom is -0.493 e. The molecule has 1 N–H and O–H groups in total. The fraction of sp³-hybridized carbons (Fsp3) is 0.176. The van der Waals surface area contributed by atoms with Gasteiger partial charge in [-0.1, -0.05) is 6.07 Å². The molecule has 0 bridgehead atoms. The lowest BCUT2D eigenvalue weighted by Gasteiger charge is -2.11. The Kier molecular flexibility index (Phi) is 6.79. The molecule has 0 atom stereocenters. The molecule has 2 aromatic rings. The maximum Gasteiger partial charge on any atom is 0.387 e. The van der Waals surface area contributed by atoms with Crippen LogP contribution in [0.4, 0.5) is 20.2 Å². The highest BCUT2D eigenvalue weighted by Gasteiger charge is 2.16. The Labute approximate surface area is 157 Å². The van der Waals surface area contributed by atoms with Crippen molar-refractivity contribution >= 4 is 23.3 Å². The first-order chi connectivity index (χ1) is 13.3. The van der Waals surface area contributed by atoms with Gasteiger partial charge in [0.05, 0.1) is 17.6 Å². The predicted molar refractivity (Wildman–Crippen MR) is 91.6 cm³/mol. The molecule has 2 aromatic carbocycles. The highest BCUT2D eigenvalue weighted by molar-refractivity contribution is 5.95. The van der Waals surface area contributed by atoms with Gasteiger partial charge >= 0.3 is 12.6 Å².